The lowest BCUT2D eigenvalue weighted by Crippen LogP contribution is -2.42. The SMILES string of the molecule is Cc1ccc(S(=O)(=O)[C@H]2CCC(C)(C)O[C@H]2c2ccccc2)cc1. The zero-order valence-corrected chi connectivity index (χ0v) is 15.2. The molecule has 2 aromatic rings. The van der Waals surface area contributed by atoms with Gasteiger partial charge in [-0.1, -0.05) is 48.0 Å². The van der Waals surface area contributed by atoms with Gasteiger partial charge in [-0.2, -0.15) is 0 Å². The Kier molecular flexibility index (Phi) is 4.54. The molecule has 24 heavy (non-hydrogen) atoms. The molecule has 0 aliphatic carbocycles. The van der Waals surface area contributed by atoms with Crippen LogP contribution in [-0.2, 0) is 14.6 Å². The summed E-state index contributed by atoms with van der Waals surface area (Å²) < 4.78 is 32.7. The summed E-state index contributed by atoms with van der Waals surface area (Å²) in [6, 6.07) is 16.8. The fraction of sp³-hybridized carbons (Fsp3) is 0.400. The van der Waals surface area contributed by atoms with Crippen LogP contribution in [-0.4, -0.2) is 19.3 Å². The molecule has 3 nitrogen and oxygen atoms in total. The van der Waals surface area contributed by atoms with Crippen molar-refractivity contribution in [2.45, 2.75) is 55.5 Å². The monoisotopic (exact) mass is 344 g/mol. The fourth-order valence-corrected chi connectivity index (χ4v) is 5.10. The van der Waals surface area contributed by atoms with Gasteiger partial charge < -0.3 is 4.74 Å². The molecule has 0 unspecified atom stereocenters. The molecule has 0 N–H and O–H groups in total. The molecule has 0 radical (unpaired) electrons. The van der Waals surface area contributed by atoms with Gasteiger partial charge in [0.1, 0.15) is 6.10 Å². The molecule has 3 rings (SSSR count). The van der Waals surface area contributed by atoms with Crippen molar-refractivity contribution < 1.29 is 13.2 Å². The molecule has 1 heterocycles. The maximum Gasteiger partial charge on any atom is 0.184 e. The highest BCUT2D eigenvalue weighted by Crippen LogP contribution is 2.42. The summed E-state index contributed by atoms with van der Waals surface area (Å²) in [5.41, 5.74) is 1.65. The summed E-state index contributed by atoms with van der Waals surface area (Å²) in [5.74, 6) is 0. The van der Waals surface area contributed by atoms with Gasteiger partial charge in [-0.3, -0.25) is 0 Å². The Bertz CT molecular complexity index is 793. The Balaban J connectivity index is 2.02. The lowest BCUT2D eigenvalue weighted by molar-refractivity contribution is -0.106. The standard InChI is InChI=1S/C20H24O3S/c1-15-9-11-17(12-10-15)24(21,22)18-13-14-20(2,3)23-19(18)16-7-5-4-6-8-16/h4-12,18-19H,13-14H2,1-3H3/t18-,19-/m0/s1. The number of hydrogen-bond donors (Lipinski definition) is 0. The van der Waals surface area contributed by atoms with E-state index in [9.17, 15) is 8.42 Å². The van der Waals surface area contributed by atoms with E-state index in [1.54, 1.807) is 12.1 Å². The molecule has 128 valence electrons. The second-order valence-corrected chi connectivity index (χ2v) is 9.31. The Morgan fingerprint density at radius 1 is 1.00 bits per heavy atom. The predicted octanol–water partition coefficient (Wildman–Crippen LogP) is 4.47. The minimum atomic E-state index is -3.45. The first-order chi connectivity index (χ1) is 11.3. The Morgan fingerprint density at radius 2 is 1.62 bits per heavy atom. The van der Waals surface area contributed by atoms with Crippen LogP contribution in [0.1, 0.15) is 43.9 Å². The van der Waals surface area contributed by atoms with Crippen molar-refractivity contribution in [2.24, 2.45) is 0 Å². The van der Waals surface area contributed by atoms with Crippen molar-refractivity contribution >= 4 is 9.84 Å². The largest absolute Gasteiger partial charge is 0.366 e. The third-order valence-corrected chi connectivity index (χ3v) is 6.90. The minimum Gasteiger partial charge on any atom is -0.366 e. The third kappa shape index (κ3) is 3.40. The second-order valence-electron chi connectivity index (χ2n) is 7.14. The zero-order chi connectivity index (χ0) is 17.4. The first kappa shape index (κ1) is 17.2. The molecular formula is C20H24O3S. The van der Waals surface area contributed by atoms with Gasteiger partial charge in [0, 0.05) is 0 Å². The van der Waals surface area contributed by atoms with E-state index in [4.69, 9.17) is 4.74 Å². The zero-order valence-electron chi connectivity index (χ0n) is 14.4. The number of ether oxygens (including phenoxy) is 1. The summed E-state index contributed by atoms with van der Waals surface area (Å²) in [6.45, 7) is 6.00. The van der Waals surface area contributed by atoms with Gasteiger partial charge in [0.15, 0.2) is 9.84 Å². The topological polar surface area (TPSA) is 43.4 Å². The van der Waals surface area contributed by atoms with Crippen LogP contribution in [0.4, 0.5) is 0 Å². The molecular weight excluding hydrogens is 320 g/mol. The quantitative estimate of drug-likeness (QED) is 0.825. The molecule has 0 saturated carbocycles. The van der Waals surface area contributed by atoms with Gasteiger partial charge in [-0.15, -0.1) is 0 Å². The van der Waals surface area contributed by atoms with E-state index >= 15 is 0 Å². The van der Waals surface area contributed by atoms with Crippen molar-refractivity contribution in [3.63, 3.8) is 0 Å². The number of benzene rings is 2. The highest BCUT2D eigenvalue weighted by molar-refractivity contribution is 7.92. The van der Waals surface area contributed by atoms with E-state index in [2.05, 4.69) is 0 Å². The summed E-state index contributed by atoms with van der Waals surface area (Å²) in [7, 11) is -3.45. The number of hydrogen-bond acceptors (Lipinski definition) is 3. The molecule has 1 aliphatic heterocycles. The first-order valence-corrected chi connectivity index (χ1v) is 9.88. The molecule has 2 aromatic carbocycles. The summed E-state index contributed by atoms with van der Waals surface area (Å²) >= 11 is 0. The number of aryl methyl sites for hydroxylation is 1. The Labute approximate surface area is 144 Å². The molecule has 1 fully saturated rings. The number of rotatable bonds is 3. The molecule has 1 saturated heterocycles. The Morgan fingerprint density at radius 3 is 2.25 bits per heavy atom. The molecule has 0 amide bonds. The predicted molar refractivity (Wildman–Crippen MR) is 95.7 cm³/mol. The lowest BCUT2D eigenvalue weighted by Gasteiger charge is -2.41. The molecule has 0 spiro atoms. The van der Waals surface area contributed by atoms with Gasteiger partial charge in [-0.25, -0.2) is 8.42 Å². The van der Waals surface area contributed by atoms with Gasteiger partial charge in [0.25, 0.3) is 0 Å². The lowest BCUT2D eigenvalue weighted by atomic mass is 9.92. The first-order valence-electron chi connectivity index (χ1n) is 8.33. The smallest absolute Gasteiger partial charge is 0.184 e. The van der Waals surface area contributed by atoms with Gasteiger partial charge in [0.05, 0.1) is 15.7 Å². The molecule has 2 atom stereocenters. The molecule has 0 aromatic heterocycles. The van der Waals surface area contributed by atoms with Crippen molar-refractivity contribution in [2.75, 3.05) is 0 Å². The van der Waals surface area contributed by atoms with Crippen LogP contribution in [0.3, 0.4) is 0 Å². The number of sulfone groups is 1. The van der Waals surface area contributed by atoms with Crippen molar-refractivity contribution in [3.05, 3.63) is 65.7 Å². The van der Waals surface area contributed by atoms with Gasteiger partial charge in [0.2, 0.25) is 0 Å². The van der Waals surface area contributed by atoms with Crippen molar-refractivity contribution in [1.29, 1.82) is 0 Å². The van der Waals surface area contributed by atoms with Crippen LogP contribution in [0.5, 0.6) is 0 Å². The molecule has 4 heteroatoms. The van der Waals surface area contributed by atoms with E-state index in [0.717, 1.165) is 17.5 Å². The maximum atomic E-state index is 13.2. The molecule has 0 bridgehead atoms. The van der Waals surface area contributed by atoms with Crippen LogP contribution in [0.2, 0.25) is 0 Å². The molecule has 1 aliphatic rings. The van der Waals surface area contributed by atoms with E-state index < -0.39 is 21.2 Å². The van der Waals surface area contributed by atoms with Crippen LogP contribution >= 0.6 is 0 Å². The average Bonchev–Trinajstić information content (AvgIpc) is 2.55. The summed E-state index contributed by atoms with van der Waals surface area (Å²) in [6.07, 6.45) is 0.885. The van der Waals surface area contributed by atoms with E-state index in [1.165, 1.54) is 0 Å². The van der Waals surface area contributed by atoms with Gasteiger partial charge in [-0.05, 0) is 51.3 Å². The van der Waals surface area contributed by atoms with Crippen LogP contribution in [0.15, 0.2) is 59.5 Å². The van der Waals surface area contributed by atoms with E-state index in [0.29, 0.717) is 11.3 Å². The van der Waals surface area contributed by atoms with Crippen molar-refractivity contribution in [1.82, 2.24) is 0 Å². The van der Waals surface area contributed by atoms with Gasteiger partial charge >= 0.3 is 0 Å². The summed E-state index contributed by atoms with van der Waals surface area (Å²) in [5, 5.41) is -0.560. The second kappa shape index (κ2) is 6.34. The van der Waals surface area contributed by atoms with Crippen LogP contribution in [0, 0.1) is 6.92 Å². The summed E-state index contributed by atoms with van der Waals surface area (Å²) in [4.78, 5) is 0.377. The highest BCUT2D eigenvalue weighted by atomic mass is 32.2. The highest BCUT2D eigenvalue weighted by Gasteiger charge is 2.43. The maximum absolute atomic E-state index is 13.2. The van der Waals surface area contributed by atoms with Crippen molar-refractivity contribution in [3.8, 4) is 0 Å². The van der Waals surface area contributed by atoms with E-state index in [1.807, 2.05) is 63.2 Å². The van der Waals surface area contributed by atoms with Crippen LogP contribution in [0.25, 0.3) is 0 Å². The van der Waals surface area contributed by atoms with Crippen LogP contribution < -0.4 is 0 Å². The Hall–Kier alpha value is -1.65. The minimum absolute atomic E-state index is 0.320. The fourth-order valence-electron chi connectivity index (χ4n) is 3.27. The third-order valence-electron chi connectivity index (χ3n) is 4.69. The normalized spacial score (nSPS) is 23.8. The van der Waals surface area contributed by atoms with E-state index in [-0.39, 0.29) is 5.60 Å². The average molecular weight is 344 g/mol.